The van der Waals surface area contributed by atoms with Crippen molar-refractivity contribution < 1.29 is 9.59 Å². The van der Waals surface area contributed by atoms with Crippen LogP contribution in [-0.2, 0) is 9.59 Å². The van der Waals surface area contributed by atoms with Gasteiger partial charge in [0.1, 0.15) is 0 Å². The van der Waals surface area contributed by atoms with Crippen LogP contribution in [0.1, 0.15) is 6.42 Å². The summed E-state index contributed by atoms with van der Waals surface area (Å²) in [4.78, 5) is 22.6. The van der Waals surface area contributed by atoms with Gasteiger partial charge in [-0.1, -0.05) is 0 Å². The van der Waals surface area contributed by atoms with E-state index in [0.717, 1.165) is 0 Å². The third-order valence-electron chi connectivity index (χ3n) is 1.14. The average Bonchev–Trinajstić information content (AvgIpc) is 1.86. The van der Waals surface area contributed by atoms with E-state index in [1.54, 1.807) is 0 Å². The number of hydrogen-bond donors (Lipinski definition) is 2. The van der Waals surface area contributed by atoms with Gasteiger partial charge in [0.25, 0.3) is 0 Å². The Morgan fingerprint density at radius 2 is 2.09 bits per heavy atom. The summed E-state index contributed by atoms with van der Waals surface area (Å²) < 4.78 is 0. The maximum atomic E-state index is 10.9. The van der Waals surface area contributed by atoms with E-state index in [2.05, 4.69) is 12.6 Å². The van der Waals surface area contributed by atoms with Gasteiger partial charge in [-0.25, -0.2) is 0 Å². The molecule has 0 atom stereocenters. The van der Waals surface area contributed by atoms with Crippen molar-refractivity contribution >= 4 is 24.4 Å². The van der Waals surface area contributed by atoms with Gasteiger partial charge < -0.3 is 10.6 Å². The molecule has 2 N–H and O–H groups in total. The van der Waals surface area contributed by atoms with Crippen LogP contribution in [-0.4, -0.2) is 36.1 Å². The lowest BCUT2D eigenvalue weighted by Crippen LogP contribution is -2.35. The van der Waals surface area contributed by atoms with Crippen LogP contribution < -0.4 is 5.73 Å². The molecule has 0 aliphatic heterocycles. The highest BCUT2D eigenvalue weighted by Gasteiger charge is 2.08. The third kappa shape index (κ3) is 4.66. The number of nitrogens with zero attached hydrogens (tertiary/aromatic N) is 1. The minimum Gasteiger partial charge on any atom is -0.368 e. The van der Waals surface area contributed by atoms with E-state index in [9.17, 15) is 9.59 Å². The summed E-state index contributed by atoms with van der Waals surface area (Å²) in [5.41, 5.74) is 4.88. The molecule has 64 valence electrons. The Morgan fingerprint density at radius 1 is 1.55 bits per heavy atom. The van der Waals surface area contributed by atoms with Crippen LogP contribution in [0.5, 0.6) is 0 Å². The highest BCUT2D eigenvalue weighted by Crippen LogP contribution is 1.91. The fraction of sp³-hybridized carbons (Fsp3) is 0.667. The van der Waals surface area contributed by atoms with E-state index in [4.69, 9.17) is 5.73 Å². The van der Waals surface area contributed by atoms with Gasteiger partial charge >= 0.3 is 0 Å². The van der Waals surface area contributed by atoms with Gasteiger partial charge in [-0.3, -0.25) is 9.59 Å². The van der Waals surface area contributed by atoms with Crippen molar-refractivity contribution in [1.29, 1.82) is 0 Å². The lowest BCUT2D eigenvalue weighted by Gasteiger charge is -2.13. The maximum absolute atomic E-state index is 10.9. The molecule has 0 spiro atoms. The number of nitrogens with two attached hydrogens (primary N) is 1. The number of carbonyl (C=O) groups excluding carboxylic acids is 2. The molecule has 0 aromatic heterocycles. The number of primary amides is 1. The zero-order chi connectivity index (χ0) is 8.85. The highest BCUT2D eigenvalue weighted by atomic mass is 32.1. The molecule has 11 heavy (non-hydrogen) atoms. The first-order valence-electron chi connectivity index (χ1n) is 3.21. The van der Waals surface area contributed by atoms with Crippen LogP contribution in [0, 0.1) is 0 Å². The summed E-state index contributed by atoms with van der Waals surface area (Å²) in [6.07, 6.45) is 0.340. The van der Waals surface area contributed by atoms with Crippen LogP contribution >= 0.6 is 12.6 Å². The summed E-state index contributed by atoms with van der Waals surface area (Å²) in [6, 6.07) is 0. The minimum atomic E-state index is -0.500. The van der Waals surface area contributed by atoms with Gasteiger partial charge in [-0.2, -0.15) is 12.6 Å². The summed E-state index contributed by atoms with van der Waals surface area (Å²) >= 11 is 3.88. The van der Waals surface area contributed by atoms with Gasteiger partial charge in [0.05, 0.1) is 6.54 Å². The van der Waals surface area contributed by atoms with Crippen LogP contribution in [0.25, 0.3) is 0 Å². The van der Waals surface area contributed by atoms with Crippen molar-refractivity contribution in [2.75, 3.05) is 19.3 Å². The minimum absolute atomic E-state index is 0.0212. The molecule has 0 heterocycles. The Bertz CT molecular complexity index is 161. The second-order valence-electron chi connectivity index (χ2n) is 2.19. The molecule has 0 aromatic carbocycles. The van der Waals surface area contributed by atoms with Crippen molar-refractivity contribution in [1.82, 2.24) is 4.90 Å². The Labute approximate surface area is 71.1 Å². The average molecular weight is 176 g/mol. The molecule has 0 saturated carbocycles. The van der Waals surface area contributed by atoms with Gasteiger partial charge in [-0.15, -0.1) is 0 Å². The predicted molar refractivity (Wildman–Crippen MR) is 45.3 cm³/mol. The summed E-state index contributed by atoms with van der Waals surface area (Å²) in [5.74, 6) is -0.124. The lowest BCUT2D eigenvalue weighted by molar-refractivity contribution is -0.133. The standard InChI is InChI=1S/C6H12N2O2S/c1-8(4-5(7)9)6(10)2-3-11/h11H,2-4H2,1H3,(H2,7,9). The van der Waals surface area contributed by atoms with Gasteiger partial charge in [-0.05, 0) is 5.75 Å². The molecule has 5 heteroatoms. The quantitative estimate of drug-likeness (QED) is 0.554. The lowest BCUT2D eigenvalue weighted by atomic mass is 10.4. The van der Waals surface area contributed by atoms with E-state index < -0.39 is 5.91 Å². The van der Waals surface area contributed by atoms with E-state index in [-0.39, 0.29) is 12.5 Å². The number of amides is 2. The first-order chi connectivity index (χ1) is 5.07. The summed E-state index contributed by atoms with van der Waals surface area (Å²) in [7, 11) is 1.54. The molecule has 0 aliphatic rings. The number of carbonyl (C=O) groups is 2. The van der Waals surface area contributed by atoms with Crippen LogP contribution in [0.15, 0.2) is 0 Å². The van der Waals surface area contributed by atoms with Crippen molar-refractivity contribution in [2.45, 2.75) is 6.42 Å². The molecule has 2 amide bonds. The molecule has 0 radical (unpaired) electrons. The first kappa shape index (κ1) is 10.3. The molecular weight excluding hydrogens is 164 g/mol. The molecular formula is C6H12N2O2S. The Kier molecular flexibility index (Phi) is 4.69. The van der Waals surface area contributed by atoms with E-state index in [0.29, 0.717) is 12.2 Å². The Hall–Kier alpha value is -0.710. The normalized spacial score (nSPS) is 9.27. The van der Waals surface area contributed by atoms with Gasteiger partial charge in [0.15, 0.2) is 0 Å². The summed E-state index contributed by atoms with van der Waals surface area (Å²) in [5, 5.41) is 0. The largest absolute Gasteiger partial charge is 0.368 e. The van der Waals surface area contributed by atoms with Crippen molar-refractivity contribution in [3.63, 3.8) is 0 Å². The second-order valence-corrected chi connectivity index (χ2v) is 2.64. The van der Waals surface area contributed by atoms with Crippen LogP contribution in [0.4, 0.5) is 0 Å². The first-order valence-corrected chi connectivity index (χ1v) is 3.84. The maximum Gasteiger partial charge on any atom is 0.237 e. The van der Waals surface area contributed by atoms with Crippen molar-refractivity contribution in [3.8, 4) is 0 Å². The SMILES string of the molecule is CN(CC(N)=O)C(=O)CCS. The molecule has 0 fully saturated rings. The number of likely N-dealkylation sites (N-methyl/N-ethyl adjacent to an activating group) is 1. The van der Waals surface area contributed by atoms with Crippen LogP contribution in [0.3, 0.4) is 0 Å². The zero-order valence-electron chi connectivity index (χ0n) is 6.41. The summed E-state index contributed by atoms with van der Waals surface area (Å²) in [6.45, 7) is -0.0212. The Balaban J connectivity index is 3.73. The molecule has 0 rings (SSSR count). The monoisotopic (exact) mass is 176 g/mol. The Morgan fingerprint density at radius 3 is 2.45 bits per heavy atom. The van der Waals surface area contributed by atoms with E-state index in [1.165, 1.54) is 11.9 Å². The molecule has 0 saturated heterocycles. The molecule has 0 aromatic rings. The van der Waals surface area contributed by atoms with Gasteiger partial charge in [0, 0.05) is 13.5 Å². The number of rotatable bonds is 4. The molecule has 0 aliphatic carbocycles. The topological polar surface area (TPSA) is 63.4 Å². The fourth-order valence-corrected chi connectivity index (χ4v) is 0.800. The van der Waals surface area contributed by atoms with Crippen LogP contribution in [0.2, 0.25) is 0 Å². The third-order valence-corrected chi connectivity index (χ3v) is 1.37. The number of hydrogen-bond acceptors (Lipinski definition) is 3. The second kappa shape index (κ2) is 5.01. The smallest absolute Gasteiger partial charge is 0.237 e. The van der Waals surface area contributed by atoms with E-state index >= 15 is 0 Å². The predicted octanol–water partition coefficient (Wildman–Crippen LogP) is -0.750. The van der Waals surface area contributed by atoms with Crippen molar-refractivity contribution in [3.05, 3.63) is 0 Å². The zero-order valence-corrected chi connectivity index (χ0v) is 7.30. The number of thiol groups is 1. The highest BCUT2D eigenvalue weighted by molar-refractivity contribution is 7.80. The molecule has 0 bridgehead atoms. The molecule has 4 nitrogen and oxygen atoms in total. The molecule has 0 unspecified atom stereocenters. The fourth-order valence-electron chi connectivity index (χ4n) is 0.608. The van der Waals surface area contributed by atoms with E-state index in [1.807, 2.05) is 0 Å². The van der Waals surface area contributed by atoms with Gasteiger partial charge in [0.2, 0.25) is 11.8 Å². The van der Waals surface area contributed by atoms with Crippen molar-refractivity contribution in [2.24, 2.45) is 5.73 Å².